The molecule has 156 valence electrons. The summed E-state index contributed by atoms with van der Waals surface area (Å²) in [5, 5.41) is 6.15. The van der Waals surface area contributed by atoms with Crippen LogP contribution in [-0.4, -0.2) is 46.9 Å². The number of piperazine rings is 1. The van der Waals surface area contributed by atoms with Gasteiger partial charge in [-0.25, -0.2) is 4.90 Å². The normalized spacial score (nSPS) is 22.4. The van der Waals surface area contributed by atoms with Crippen molar-refractivity contribution in [3.63, 3.8) is 0 Å². The number of hydrogen-bond donors (Lipinski definition) is 2. The second-order valence-electron chi connectivity index (χ2n) is 7.63. The first kappa shape index (κ1) is 19.4. The van der Waals surface area contributed by atoms with E-state index in [1.165, 1.54) is 0 Å². The van der Waals surface area contributed by atoms with E-state index in [1.807, 2.05) is 65.6 Å². The number of ether oxygens (including phenoxy) is 1. The van der Waals surface area contributed by atoms with Crippen LogP contribution in [0.5, 0.6) is 0 Å². The van der Waals surface area contributed by atoms with Crippen molar-refractivity contribution >= 4 is 17.6 Å². The number of nitrogens with zero attached hydrogens (tertiary/aromatic N) is 2. The van der Waals surface area contributed by atoms with Crippen LogP contribution < -0.4 is 10.6 Å². The molecule has 7 nitrogen and oxygen atoms in total. The van der Waals surface area contributed by atoms with E-state index >= 15 is 0 Å². The van der Waals surface area contributed by atoms with Crippen molar-refractivity contribution in [3.05, 3.63) is 96.3 Å². The number of pyridine rings is 1. The fraction of sp³-hybridized carbons (Fsp3) is 0.208. The van der Waals surface area contributed by atoms with Gasteiger partial charge < -0.3 is 15.4 Å². The van der Waals surface area contributed by atoms with Gasteiger partial charge in [0.05, 0.1) is 11.9 Å². The predicted molar refractivity (Wildman–Crippen MR) is 115 cm³/mol. The molecule has 3 heterocycles. The molecular formula is C24H22N4O3. The Kier molecular flexibility index (Phi) is 4.97. The number of rotatable bonds is 4. The summed E-state index contributed by atoms with van der Waals surface area (Å²) in [6.45, 7) is 0.803. The molecule has 1 aromatic heterocycles. The Morgan fingerprint density at radius 3 is 2.29 bits per heavy atom. The smallest absolute Gasteiger partial charge is 0.327 e. The van der Waals surface area contributed by atoms with Gasteiger partial charge in [0.1, 0.15) is 12.1 Å². The Bertz CT molecular complexity index is 1040. The summed E-state index contributed by atoms with van der Waals surface area (Å²) >= 11 is 0. The third kappa shape index (κ3) is 3.28. The van der Waals surface area contributed by atoms with Crippen molar-refractivity contribution < 1.29 is 14.3 Å². The lowest BCUT2D eigenvalue weighted by Gasteiger charge is -2.44. The Morgan fingerprint density at radius 2 is 1.68 bits per heavy atom. The lowest BCUT2D eigenvalue weighted by Crippen LogP contribution is -2.65. The van der Waals surface area contributed by atoms with Crippen LogP contribution in [-0.2, 0) is 20.1 Å². The minimum atomic E-state index is -1.19. The summed E-state index contributed by atoms with van der Waals surface area (Å²) in [5.41, 5.74) is 1.02. The van der Waals surface area contributed by atoms with E-state index in [2.05, 4.69) is 15.6 Å². The van der Waals surface area contributed by atoms with Gasteiger partial charge in [0.25, 0.3) is 0 Å². The SMILES string of the molecule is O=C(Nc1cccnc1)C1CNCC2C(=O)OC(c3ccccc3)(c3ccccc3)N12. The van der Waals surface area contributed by atoms with Crippen molar-refractivity contribution in [2.45, 2.75) is 17.8 Å². The van der Waals surface area contributed by atoms with E-state index in [0.29, 0.717) is 18.8 Å². The molecule has 2 aromatic carbocycles. The first-order chi connectivity index (χ1) is 15.2. The molecule has 7 heteroatoms. The average Bonchev–Trinajstić information content (AvgIpc) is 3.14. The number of benzene rings is 2. The molecule has 2 aliphatic rings. The number of carbonyl (C=O) groups is 2. The molecule has 31 heavy (non-hydrogen) atoms. The van der Waals surface area contributed by atoms with Gasteiger partial charge in [-0.2, -0.15) is 0 Å². The van der Waals surface area contributed by atoms with Gasteiger partial charge in [0.2, 0.25) is 11.6 Å². The maximum absolute atomic E-state index is 13.4. The van der Waals surface area contributed by atoms with Gasteiger partial charge in [-0.1, -0.05) is 60.7 Å². The maximum Gasteiger partial charge on any atom is 0.327 e. The van der Waals surface area contributed by atoms with E-state index in [1.54, 1.807) is 24.5 Å². The molecule has 0 bridgehead atoms. The molecule has 2 unspecified atom stereocenters. The second kappa shape index (κ2) is 7.94. The number of anilines is 1. The molecule has 1 amide bonds. The van der Waals surface area contributed by atoms with Gasteiger partial charge in [0.15, 0.2) is 0 Å². The zero-order valence-corrected chi connectivity index (χ0v) is 16.8. The summed E-state index contributed by atoms with van der Waals surface area (Å²) in [6.07, 6.45) is 3.25. The molecule has 0 spiro atoms. The summed E-state index contributed by atoms with van der Waals surface area (Å²) in [5.74, 6) is -0.571. The van der Waals surface area contributed by atoms with E-state index in [4.69, 9.17) is 4.74 Å². The van der Waals surface area contributed by atoms with E-state index in [0.717, 1.165) is 11.1 Å². The summed E-state index contributed by atoms with van der Waals surface area (Å²) in [7, 11) is 0. The maximum atomic E-state index is 13.4. The molecular weight excluding hydrogens is 392 g/mol. The predicted octanol–water partition coefficient (Wildman–Crippen LogP) is 2.12. The van der Waals surface area contributed by atoms with Crippen LogP contribution in [0.3, 0.4) is 0 Å². The summed E-state index contributed by atoms with van der Waals surface area (Å²) < 4.78 is 6.15. The lowest BCUT2D eigenvalue weighted by molar-refractivity contribution is -0.152. The van der Waals surface area contributed by atoms with Gasteiger partial charge in [-0.3, -0.25) is 14.6 Å². The molecule has 2 atom stereocenters. The Labute approximate surface area is 180 Å². The van der Waals surface area contributed by atoms with Crippen molar-refractivity contribution in [3.8, 4) is 0 Å². The van der Waals surface area contributed by atoms with Crippen molar-refractivity contribution in [1.82, 2.24) is 15.2 Å². The average molecular weight is 414 g/mol. The highest BCUT2D eigenvalue weighted by atomic mass is 16.6. The van der Waals surface area contributed by atoms with E-state index < -0.39 is 17.8 Å². The van der Waals surface area contributed by atoms with Crippen molar-refractivity contribution in [1.29, 1.82) is 0 Å². The highest BCUT2D eigenvalue weighted by Crippen LogP contribution is 2.45. The van der Waals surface area contributed by atoms with Crippen LogP contribution in [0, 0.1) is 0 Å². The first-order valence-electron chi connectivity index (χ1n) is 10.2. The number of esters is 1. The second-order valence-corrected chi connectivity index (χ2v) is 7.63. The molecule has 0 aliphatic carbocycles. The third-order valence-corrected chi connectivity index (χ3v) is 5.79. The molecule has 0 saturated carbocycles. The summed E-state index contributed by atoms with van der Waals surface area (Å²) in [4.78, 5) is 32.4. The van der Waals surface area contributed by atoms with E-state index in [9.17, 15) is 9.59 Å². The molecule has 2 aliphatic heterocycles. The number of fused-ring (bicyclic) bond motifs is 1. The largest absolute Gasteiger partial charge is 0.434 e. The fourth-order valence-corrected chi connectivity index (χ4v) is 4.46. The number of cyclic esters (lactones) is 1. The number of aromatic nitrogens is 1. The molecule has 2 saturated heterocycles. The van der Waals surface area contributed by atoms with Crippen LogP contribution in [0.25, 0.3) is 0 Å². The van der Waals surface area contributed by atoms with Crippen LogP contribution >= 0.6 is 0 Å². The Morgan fingerprint density at radius 1 is 1.00 bits per heavy atom. The molecule has 0 radical (unpaired) electrons. The molecule has 2 fully saturated rings. The monoisotopic (exact) mass is 414 g/mol. The fourth-order valence-electron chi connectivity index (χ4n) is 4.46. The minimum absolute atomic E-state index is 0.222. The van der Waals surface area contributed by atoms with Gasteiger partial charge in [-0.15, -0.1) is 0 Å². The number of nitrogens with one attached hydrogen (secondary N) is 2. The van der Waals surface area contributed by atoms with Gasteiger partial charge in [0, 0.05) is 30.4 Å². The third-order valence-electron chi connectivity index (χ3n) is 5.79. The van der Waals surface area contributed by atoms with Crippen LogP contribution in [0.4, 0.5) is 5.69 Å². The molecule has 3 aromatic rings. The number of amides is 1. The highest BCUT2D eigenvalue weighted by molar-refractivity contribution is 5.96. The standard InChI is InChI=1S/C24H22N4O3/c29-22(27-19-12-7-13-25-14-19)20-15-26-16-21-23(30)31-24(28(20)21,17-8-3-1-4-9-17)18-10-5-2-6-11-18/h1-14,20-21,26H,15-16H2,(H,27,29). The van der Waals surface area contributed by atoms with Gasteiger partial charge in [-0.05, 0) is 12.1 Å². The lowest BCUT2D eigenvalue weighted by atomic mass is 9.90. The number of hydrogen-bond acceptors (Lipinski definition) is 6. The summed E-state index contributed by atoms with van der Waals surface area (Å²) in [6, 6.07) is 21.5. The van der Waals surface area contributed by atoms with Crippen LogP contribution in [0.2, 0.25) is 0 Å². The topological polar surface area (TPSA) is 83.6 Å². The zero-order valence-electron chi connectivity index (χ0n) is 16.8. The highest BCUT2D eigenvalue weighted by Gasteiger charge is 2.60. The minimum Gasteiger partial charge on any atom is -0.434 e. The van der Waals surface area contributed by atoms with Crippen LogP contribution in [0.15, 0.2) is 85.2 Å². The number of carbonyl (C=O) groups excluding carboxylic acids is 2. The quantitative estimate of drug-likeness (QED) is 0.637. The van der Waals surface area contributed by atoms with E-state index in [-0.39, 0.29) is 11.9 Å². The van der Waals surface area contributed by atoms with Crippen molar-refractivity contribution in [2.75, 3.05) is 18.4 Å². The zero-order chi connectivity index (χ0) is 21.3. The Hall–Kier alpha value is -3.55. The molecule has 2 N–H and O–H groups in total. The van der Waals surface area contributed by atoms with Gasteiger partial charge >= 0.3 is 5.97 Å². The first-order valence-corrected chi connectivity index (χ1v) is 10.2. The Balaban J connectivity index is 1.62. The van der Waals surface area contributed by atoms with Crippen LogP contribution in [0.1, 0.15) is 11.1 Å². The van der Waals surface area contributed by atoms with Crippen molar-refractivity contribution in [2.24, 2.45) is 0 Å². The molecule has 5 rings (SSSR count).